The lowest BCUT2D eigenvalue weighted by molar-refractivity contribution is -0.123. The highest BCUT2D eigenvalue weighted by Gasteiger charge is 2.12. The Balaban J connectivity index is 1.78. The molecule has 1 aromatic carbocycles. The van der Waals surface area contributed by atoms with E-state index in [2.05, 4.69) is 5.32 Å². The summed E-state index contributed by atoms with van der Waals surface area (Å²) in [5.41, 5.74) is 2.05. The highest BCUT2D eigenvalue weighted by Crippen LogP contribution is 2.18. The molecular weight excluding hydrogens is 270 g/mol. The quantitative estimate of drug-likeness (QED) is 0.854. The van der Waals surface area contributed by atoms with Crippen LogP contribution < -0.4 is 10.1 Å². The molecule has 0 aliphatic rings. The first-order chi connectivity index (χ1) is 10.1. The first-order valence-electron chi connectivity index (χ1n) is 6.74. The molecule has 2 N–H and O–H groups in total. The molecule has 0 radical (unpaired) electrons. The van der Waals surface area contributed by atoms with E-state index >= 15 is 0 Å². The van der Waals surface area contributed by atoms with Crippen molar-refractivity contribution in [1.82, 2.24) is 5.32 Å². The second-order valence-corrected chi connectivity index (χ2v) is 4.89. The zero-order valence-corrected chi connectivity index (χ0v) is 12.1. The fourth-order valence-corrected chi connectivity index (χ4v) is 1.85. The highest BCUT2D eigenvalue weighted by molar-refractivity contribution is 5.77. The maximum atomic E-state index is 11.7. The van der Waals surface area contributed by atoms with Gasteiger partial charge < -0.3 is 19.6 Å². The highest BCUT2D eigenvalue weighted by atomic mass is 16.5. The van der Waals surface area contributed by atoms with Crippen LogP contribution in [0.1, 0.15) is 23.0 Å². The van der Waals surface area contributed by atoms with Crippen molar-refractivity contribution >= 4 is 5.91 Å². The molecule has 0 fully saturated rings. The average molecular weight is 289 g/mol. The number of carbonyl (C=O) groups is 1. The molecule has 1 atom stereocenters. The van der Waals surface area contributed by atoms with Crippen LogP contribution in [0.25, 0.3) is 0 Å². The third-order valence-electron chi connectivity index (χ3n) is 3.07. The van der Waals surface area contributed by atoms with E-state index in [1.54, 1.807) is 12.1 Å². The number of hydrogen-bond acceptors (Lipinski definition) is 4. The maximum Gasteiger partial charge on any atom is 0.258 e. The summed E-state index contributed by atoms with van der Waals surface area (Å²) in [6, 6.07) is 9.17. The number of benzene rings is 1. The Morgan fingerprint density at radius 2 is 2.19 bits per heavy atom. The first kappa shape index (κ1) is 15.1. The Kier molecular flexibility index (Phi) is 5.00. The van der Waals surface area contributed by atoms with Gasteiger partial charge in [-0.05, 0) is 43.2 Å². The van der Waals surface area contributed by atoms with Crippen molar-refractivity contribution in [2.24, 2.45) is 0 Å². The lowest BCUT2D eigenvalue weighted by Gasteiger charge is -2.12. The smallest absolute Gasteiger partial charge is 0.258 e. The average Bonchev–Trinajstić information content (AvgIpc) is 3.00. The number of rotatable bonds is 6. The fraction of sp³-hybridized carbons (Fsp3) is 0.312. The molecule has 1 unspecified atom stereocenters. The second kappa shape index (κ2) is 6.95. The molecule has 112 valence electrons. The predicted octanol–water partition coefficient (Wildman–Crippen LogP) is 2.13. The number of amides is 1. The van der Waals surface area contributed by atoms with Gasteiger partial charge in [0.05, 0.1) is 12.8 Å². The molecule has 5 nitrogen and oxygen atoms in total. The molecular formula is C16H19NO4. The van der Waals surface area contributed by atoms with Crippen LogP contribution in [0.15, 0.2) is 41.0 Å². The summed E-state index contributed by atoms with van der Waals surface area (Å²) in [6.07, 6.45) is 0.619. The normalized spacial score (nSPS) is 12.0. The third kappa shape index (κ3) is 4.36. The summed E-state index contributed by atoms with van der Waals surface area (Å²) in [7, 11) is 0. The van der Waals surface area contributed by atoms with E-state index in [9.17, 15) is 9.90 Å². The molecule has 1 amide bonds. The molecule has 1 heterocycles. The summed E-state index contributed by atoms with van der Waals surface area (Å²) in [4.78, 5) is 11.7. The number of aryl methyl sites for hydroxylation is 2. The van der Waals surface area contributed by atoms with Crippen molar-refractivity contribution in [2.75, 3.05) is 13.2 Å². The first-order valence-corrected chi connectivity index (χ1v) is 6.74. The largest absolute Gasteiger partial charge is 0.483 e. The molecule has 21 heavy (non-hydrogen) atoms. The zero-order chi connectivity index (χ0) is 15.2. The summed E-state index contributed by atoms with van der Waals surface area (Å²) in [5.74, 6) is 0.823. The van der Waals surface area contributed by atoms with Crippen LogP contribution in [0.5, 0.6) is 5.75 Å². The fourth-order valence-electron chi connectivity index (χ4n) is 1.85. The maximum absolute atomic E-state index is 11.7. The van der Waals surface area contributed by atoms with Crippen LogP contribution in [0.2, 0.25) is 0 Å². The Hall–Kier alpha value is -2.27. The minimum absolute atomic E-state index is 0.0858. The Morgan fingerprint density at radius 3 is 2.90 bits per heavy atom. The lowest BCUT2D eigenvalue weighted by atomic mass is 10.1. The van der Waals surface area contributed by atoms with E-state index in [0.29, 0.717) is 11.5 Å². The monoisotopic (exact) mass is 289 g/mol. The third-order valence-corrected chi connectivity index (χ3v) is 3.07. The van der Waals surface area contributed by atoms with Gasteiger partial charge in [0.15, 0.2) is 6.61 Å². The van der Waals surface area contributed by atoms with Gasteiger partial charge in [-0.3, -0.25) is 4.79 Å². The van der Waals surface area contributed by atoms with Crippen LogP contribution >= 0.6 is 0 Å². The standard InChI is InChI=1S/C16H19NO4/c1-11-5-6-12(2)15(8-11)21-10-16(19)17-9-13(18)14-4-3-7-20-14/h3-8,13,18H,9-10H2,1-2H3,(H,17,19). The van der Waals surface area contributed by atoms with Gasteiger partial charge >= 0.3 is 0 Å². The van der Waals surface area contributed by atoms with Gasteiger partial charge in [-0.1, -0.05) is 12.1 Å². The van der Waals surface area contributed by atoms with Crippen LogP contribution in [-0.2, 0) is 4.79 Å². The lowest BCUT2D eigenvalue weighted by Crippen LogP contribution is -2.32. The van der Waals surface area contributed by atoms with Gasteiger partial charge in [0.25, 0.3) is 5.91 Å². The van der Waals surface area contributed by atoms with E-state index < -0.39 is 6.10 Å². The van der Waals surface area contributed by atoms with E-state index in [1.807, 2.05) is 32.0 Å². The van der Waals surface area contributed by atoms with Crippen molar-refractivity contribution in [2.45, 2.75) is 20.0 Å². The van der Waals surface area contributed by atoms with Crippen molar-refractivity contribution < 1.29 is 19.1 Å². The summed E-state index contributed by atoms with van der Waals surface area (Å²) in [6.45, 7) is 3.89. The van der Waals surface area contributed by atoms with Gasteiger partial charge in [0.2, 0.25) is 0 Å². The van der Waals surface area contributed by atoms with Gasteiger partial charge in [-0.25, -0.2) is 0 Å². The SMILES string of the molecule is Cc1ccc(C)c(OCC(=O)NCC(O)c2ccco2)c1. The summed E-state index contributed by atoms with van der Waals surface area (Å²) in [5, 5.41) is 12.4. The van der Waals surface area contributed by atoms with Gasteiger partial charge in [0.1, 0.15) is 17.6 Å². The van der Waals surface area contributed by atoms with Gasteiger partial charge in [0, 0.05) is 0 Å². The minimum Gasteiger partial charge on any atom is -0.483 e. The van der Waals surface area contributed by atoms with Crippen LogP contribution in [0.3, 0.4) is 0 Å². The van der Waals surface area contributed by atoms with E-state index in [1.165, 1.54) is 6.26 Å². The number of hydrogen-bond donors (Lipinski definition) is 2. The molecule has 0 saturated heterocycles. The number of aliphatic hydroxyl groups excluding tert-OH is 1. The summed E-state index contributed by atoms with van der Waals surface area (Å²) < 4.78 is 10.5. The molecule has 2 rings (SSSR count). The Bertz CT molecular complexity index is 592. The Morgan fingerprint density at radius 1 is 1.38 bits per heavy atom. The van der Waals surface area contributed by atoms with Crippen molar-refractivity contribution in [3.05, 3.63) is 53.5 Å². The van der Waals surface area contributed by atoms with Crippen LogP contribution in [-0.4, -0.2) is 24.2 Å². The molecule has 0 spiro atoms. The van der Waals surface area contributed by atoms with Gasteiger partial charge in [-0.2, -0.15) is 0 Å². The molecule has 0 bridgehead atoms. The molecule has 2 aromatic rings. The molecule has 0 aliphatic heterocycles. The van der Waals surface area contributed by atoms with Crippen molar-refractivity contribution in [1.29, 1.82) is 0 Å². The molecule has 0 saturated carbocycles. The zero-order valence-electron chi connectivity index (χ0n) is 12.1. The molecule has 5 heteroatoms. The minimum atomic E-state index is -0.857. The number of furan rings is 1. The number of aliphatic hydroxyl groups is 1. The van der Waals surface area contributed by atoms with Crippen LogP contribution in [0.4, 0.5) is 0 Å². The van der Waals surface area contributed by atoms with Crippen LogP contribution in [0, 0.1) is 13.8 Å². The number of nitrogens with one attached hydrogen (secondary N) is 1. The van der Waals surface area contributed by atoms with E-state index in [0.717, 1.165) is 11.1 Å². The predicted molar refractivity (Wildman–Crippen MR) is 78.1 cm³/mol. The second-order valence-electron chi connectivity index (χ2n) is 4.89. The Labute approximate surface area is 123 Å². The number of carbonyl (C=O) groups excluding carboxylic acids is 1. The van der Waals surface area contributed by atoms with Crippen molar-refractivity contribution in [3.63, 3.8) is 0 Å². The number of ether oxygens (including phenoxy) is 1. The topological polar surface area (TPSA) is 71.7 Å². The molecule has 0 aliphatic carbocycles. The van der Waals surface area contributed by atoms with E-state index in [-0.39, 0.29) is 19.1 Å². The molecule has 1 aromatic heterocycles. The summed E-state index contributed by atoms with van der Waals surface area (Å²) >= 11 is 0. The van der Waals surface area contributed by atoms with Gasteiger partial charge in [-0.15, -0.1) is 0 Å². The van der Waals surface area contributed by atoms with E-state index in [4.69, 9.17) is 9.15 Å². The van der Waals surface area contributed by atoms with Crippen molar-refractivity contribution in [3.8, 4) is 5.75 Å².